The smallest absolute Gasteiger partial charge is 0.306 e. The van der Waals surface area contributed by atoms with Gasteiger partial charge in [-0.1, -0.05) is 231 Å². The summed E-state index contributed by atoms with van der Waals surface area (Å²) >= 11 is 0. The van der Waals surface area contributed by atoms with Gasteiger partial charge in [0, 0.05) is 6.42 Å². The quantitative estimate of drug-likeness (QED) is 0.0323. The molecule has 342 valence electrons. The number of esters is 1. The summed E-state index contributed by atoms with van der Waals surface area (Å²) in [5, 5.41) is 23.7. The molecule has 0 aliphatic heterocycles. The first-order chi connectivity index (χ1) is 28.5. The van der Waals surface area contributed by atoms with E-state index in [0.717, 1.165) is 51.4 Å². The lowest BCUT2D eigenvalue weighted by Gasteiger charge is -2.24. The molecule has 0 aliphatic carbocycles. The Morgan fingerprint density at radius 1 is 0.500 bits per heavy atom. The Labute approximate surface area is 361 Å². The van der Waals surface area contributed by atoms with Crippen molar-refractivity contribution in [2.24, 2.45) is 0 Å². The molecule has 0 bridgehead atoms. The van der Waals surface area contributed by atoms with Crippen LogP contribution >= 0.6 is 0 Å². The first kappa shape index (κ1) is 56.3. The third kappa shape index (κ3) is 41.1. The molecule has 0 rings (SSSR count). The standard InChI is InChI=1S/C52H99NO5/c1-4-7-10-13-16-19-22-23-24-25-26-27-28-30-33-36-39-42-45-52(57)58-48(43-40-37-34-31-21-18-15-12-9-6-3)46-51(56)53-49(47-54)50(55)44-41-38-35-32-29-20-17-14-11-8-5-2/h24-27,48-50,54-55H,4-23,28-47H2,1-3H3,(H,53,56)/b25-24+,27-26+. The fourth-order valence-electron chi connectivity index (χ4n) is 7.89. The van der Waals surface area contributed by atoms with Crippen LogP contribution in [0, 0.1) is 0 Å². The summed E-state index contributed by atoms with van der Waals surface area (Å²) < 4.78 is 5.92. The van der Waals surface area contributed by atoms with Gasteiger partial charge in [0.05, 0.1) is 25.2 Å². The number of nitrogens with one attached hydrogen (secondary N) is 1. The second-order valence-electron chi connectivity index (χ2n) is 17.6. The van der Waals surface area contributed by atoms with Gasteiger partial charge in [0.2, 0.25) is 5.91 Å². The minimum atomic E-state index is -0.784. The lowest BCUT2D eigenvalue weighted by atomic mass is 10.0. The van der Waals surface area contributed by atoms with Crippen molar-refractivity contribution in [1.82, 2.24) is 5.32 Å². The van der Waals surface area contributed by atoms with E-state index < -0.39 is 18.2 Å². The van der Waals surface area contributed by atoms with Crippen LogP contribution in [0.15, 0.2) is 24.3 Å². The highest BCUT2D eigenvalue weighted by Crippen LogP contribution is 2.18. The van der Waals surface area contributed by atoms with Crippen molar-refractivity contribution in [3.63, 3.8) is 0 Å². The van der Waals surface area contributed by atoms with Gasteiger partial charge in [-0.25, -0.2) is 0 Å². The molecule has 3 unspecified atom stereocenters. The summed E-state index contributed by atoms with van der Waals surface area (Å²) in [6.45, 7) is 6.47. The van der Waals surface area contributed by atoms with Gasteiger partial charge in [0.15, 0.2) is 0 Å². The maximum atomic E-state index is 13.2. The van der Waals surface area contributed by atoms with Gasteiger partial charge in [0.1, 0.15) is 6.10 Å². The van der Waals surface area contributed by atoms with Crippen LogP contribution < -0.4 is 5.32 Å². The van der Waals surface area contributed by atoms with Crippen molar-refractivity contribution in [3.8, 4) is 0 Å². The van der Waals surface area contributed by atoms with E-state index in [-0.39, 0.29) is 24.9 Å². The molecule has 0 heterocycles. The number of hydrogen-bond donors (Lipinski definition) is 3. The maximum absolute atomic E-state index is 13.2. The first-order valence-electron chi connectivity index (χ1n) is 25.6. The van der Waals surface area contributed by atoms with E-state index in [0.29, 0.717) is 19.3 Å². The fraction of sp³-hybridized carbons (Fsp3) is 0.885. The van der Waals surface area contributed by atoms with E-state index in [9.17, 15) is 19.8 Å². The Morgan fingerprint density at radius 2 is 0.862 bits per heavy atom. The molecule has 58 heavy (non-hydrogen) atoms. The zero-order valence-corrected chi connectivity index (χ0v) is 38.9. The third-order valence-electron chi connectivity index (χ3n) is 11.8. The van der Waals surface area contributed by atoms with Gasteiger partial charge in [-0.2, -0.15) is 0 Å². The van der Waals surface area contributed by atoms with Crippen LogP contribution in [0.4, 0.5) is 0 Å². The van der Waals surface area contributed by atoms with Crippen LogP contribution in [-0.2, 0) is 14.3 Å². The number of rotatable bonds is 46. The number of aliphatic hydroxyl groups excluding tert-OH is 2. The van der Waals surface area contributed by atoms with E-state index >= 15 is 0 Å². The molecule has 0 saturated carbocycles. The summed E-state index contributed by atoms with van der Waals surface area (Å²) in [5.74, 6) is -0.481. The topological polar surface area (TPSA) is 95.9 Å². The molecule has 3 atom stereocenters. The van der Waals surface area contributed by atoms with Crippen LogP contribution in [0.1, 0.15) is 271 Å². The molecular formula is C52H99NO5. The van der Waals surface area contributed by atoms with Gasteiger partial charge in [0.25, 0.3) is 0 Å². The molecule has 3 N–H and O–H groups in total. The summed E-state index contributed by atoms with van der Waals surface area (Å²) in [4.78, 5) is 26.1. The Balaban J connectivity index is 4.49. The average Bonchev–Trinajstić information content (AvgIpc) is 3.22. The second-order valence-corrected chi connectivity index (χ2v) is 17.6. The van der Waals surface area contributed by atoms with E-state index in [2.05, 4.69) is 50.4 Å². The highest BCUT2D eigenvalue weighted by Gasteiger charge is 2.24. The minimum absolute atomic E-state index is 0.0761. The Morgan fingerprint density at radius 3 is 1.28 bits per heavy atom. The molecule has 0 aromatic heterocycles. The molecule has 0 radical (unpaired) electrons. The lowest BCUT2D eigenvalue weighted by molar-refractivity contribution is -0.151. The van der Waals surface area contributed by atoms with Crippen LogP contribution in [0.2, 0.25) is 0 Å². The van der Waals surface area contributed by atoms with Gasteiger partial charge in [-0.3, -0.25) is 9.59 Å². The third-order valence-corrected chi connectivity index (χ3v) is 11.8. The van der Waals surface area contributed by atoms with Gasteiger partial charge in [-0.05, 0) is 51.4 Å². The maximum Gasteiger partial charge on any atom is 0.306 e. The summed E-state index contributed by atoms with van der Waals surface area (Å²) in [5.41, 5.74) is 0. The molecule has 0 aromatic rings. The van der Waals surface area contributed by atoms with Crippen LogP contribution in [0.25, 0.3) is 0 Å². The number of hydrogen-bond acceptors (Lipinski definition) is 5. The number of amides is 1. The molecule has 0 aliphatic rings. The highest BCUT2D eigenvalue weighted by molar-refractivity contribution is 5.77. The summed E-state index contributed by atoms with van der Waals surface area (Å²) in [6, 6.07) is -0.698. The molecule has 6 nitrogen and oxygen atoms in total. The predicted octanol–water partition coefficient (Wildman–Crippen LogP) is 15.1. The molecular weight excluding hydrogens is 719 g/mol. The van der Waals surface area contributed by atoms with Crippen molar-refractivity contribution in [2.45, 2.75) is 289 Å². The van der Waals surface area contributed by atoms with E-state index in [1.165, 1.54) is 173 Å². The lowest BCUT2D eigenvalue weighted by Crippen LogP contribution is -2.46. The van der Waals surface area contributed by atoms with Crippen molar-refractivity contribution in [1.29, 1.82) is 0 Å². The number of unbranched alkanes of at least 4 members (excludes halogenated alkanes) is 31. The van der Waals surface area contributed by atoms with Gasteiger partial charge >= 0.3 is 5.97 Å². The molecule has 0 aromatic carbocycles. The number of carbonyl (C=O) groups excluding carboxylic acids is 2. The number of aliphatic hydroxyl groups is 2. The van der Waals surface area contributed by atoms with Gasteiger partial charge in [-0.15, -0.1) is 0 Å². The van der Waals surface area contributed by atoms with Crippen LogP contribution in [0.5, 0.6) is 0 Å². The van der Waals surface area contributed by atoms with Gasteiger partial charge < -0.3 is 20.3 Å². The van der Waals surface area contributed by atoms with Crippen molar-refractivity contribution < 1.29 is 24.5 Å². The molecule has 1 amide bonds. The van der Waals surface area contributed by atoms with Crippen molar-refractivity contribution in [3.05, 3.63) is 24.3 Å². The van der Waals surface area contributed by atoms with Crippen molar-refractivity contribution >= 4 is 11.9 Å². The number of carbonyl (C=O) groups is 2. The molecule has 0 spiro atoms. The number of ether oxygens (including phenoxy) is 1. The van der Waals surface area contributed by atoms with E-state index in [1.54, 1.807) is 0 Å². The molecule has 6 heteroatoms. The molecule has 0 saturated heterocycles. The second kappa shape index (κ2) is 46.4. The monoisotopic (exact) mass is 818 g/mol. The Kier molecular flexibility index (Phi) is 45.1. The van der Waals surface area contributed by atoms with E-state index in [4.69, 9.17) is 4.74 Å². The zero-order valence-electron chi connectivity index (χ0n) is 38.9. The summed E-state index contributed by atoms with van der Waals surface area (Å²) in [6.07, 6.45) is 52.4. The minimum Gasteiger partial charge on any atom is -0.462 e. The van der Waals surface area contributed by atoms with Crippen molar-refractivity contribution in [2.75, 3.05) is 6.61 Å². The Bertz CT molecular complexity index is 919. The average molecular weight is 818 g/mol. The Hall–Kier alpha value is -1.66. The number of allylic oxidation sites excluding steroid dienone is 4. The highest BCUT2D eigenvalue weighted by atomic mass is 16.5. The van der Waals surface area contributed by atoms with Crippen LogP contribution in [0.3, 0.4) is 0 Å². The van der Waals surface area contributed by atoms with Crippen LogP contribution in [-0.4, -0.2) is 46.9 Å². The largest absolute Gasteiger partial charge is 0.462 e. The SMILES string of the molecule is CCCCCCCCC/C=C/C=C/CCCCCCCC(=O)OC(CCCCCCCCCCCC)CC(=O)NC(CO)C(O)CCCCCCCCCCCCC. The predicted molar refractivity (Wildman–Crippen MR) is 250 cm³/mol. The van der Waals surface area contributed by atoms with E-state index in [1.807, 2.05) is 0 Å². The first-order valence-corrected chi connectivity index (χ1v) is 25.6. The zero-order chi connectivity index (χ0) is 42.4. The normalized spacial score (nSPS) is 13.4. The summed E-state index contributed by atoms with van der Waals surface area (Å²) in [7, 11) is 0. The molecule has 0 fully saturated rings. The fourth-order valence-corrected chi connectivity index (χ4v) is 7.89.